The molecule has 0 bridgehead atoms. The maximum Gasteiger partial charge on any atom is 0.243 e. The second kappa shape index (κ2) is 14.2. The molecule has 2 aromatic rings. The highest BCUT2D eigenvalue weighted by atomic mass is 35.5. The molecule has 0 radical (unpaired) electrons. The van der Waals surface area contributed by atoms with Gasteiger partial charge >= 0.3 is 0 Å². The first kappa shape index (κ1) is 32.7. The Hall–Kier alpha value is -2.49. The van der Waals surface area contributed by atoms with Crippen molar-refractivity contribution in [3.05, 3.63) is 58.1 Å². The molecule has 0 aliphatic heterocycles. The fourth-order valence-electron chi connectivity index (χ4n) is 4.15. The smallest absolute Gasteiger partial charge is 0.243 e. The maximum absolute atomic E-state index is 13.6. The highest BCUT2D eigenvalue weighted by molar-refractivity contribution is 7.92. The molecular formula is C28H39Cl2N3O5S. The van der Waals surface area contributed by atoms with Gasteiger partial charge in [-0.1, -0.05) is 48.3 Å². The van der Waals surface area contributed by atoms with Crippen LogP contribution in [0.5, 0.6) is 5.75 Å². The molecular weight excluding hydrogens is 561 g/mol. The van der Waals surface area contributed by atoms with Crippen LogP contribution in [0.1, 0.15) is 59.4 Å². The minimum absolute atomic E-state index is 0.00416. The lowest BCUT2D eigenvalue weighted by Gasteiger charge is -2.33. The molecule has 2 amide bonds. The highest BCUT2D eigenvalue weighted by Crippen LogP contribution is 2.31. The lowest BCUT2D eigenvalue weighted by molar-refractivity contribution is -0.142. The lowest BCUT2D eigenvalue weighted by Crippen LogP contribution is -2.53. The number of carbonyl (C=O) groups excluding carboxylic acids is 2. The minimum Gasteiger partial charge on any atom is -0.492 e. The van der Waals surface area contributed by atoms with Gasteiger partial charge in [-0.05, 0) is 64.8 Å². The summed E-state index contributed by atoms with van der Waals surface area (Å²) < 4.78 is 32.2. The molecule has 0 heterocycles. The molecule has 2 aromatic carbocycles. The first-order chi connectivity index (χ1) is 18.2. The molecule has 39 heavy (non-hydrogen) atoms. The Morgan fingerprint density at radius 2 is 1.64 bits per heavy atom. The van der Waals surface area contributed by atoms with Gasteiger partial charge in [-0.3, -0.25) is 13.9 Å². The zero-order valence-electron chi connectivity index (χ0n) is 23.5. The van der Waals surface area contributed by atoms with E-state index in [4.69, 9.17) is 27.9 Å². The number of benzene rings is 2. The summed E-state index contributed by atoms with van der Waals surface area (Å²) in [6.07, 6.45) is 1.71. The van der Waals surface area contributed by atoms with Crippen molar-refractivity contribution >= 4 is 50.7 Å². The van der Waals surface area contributed by atoms with Crippen LogP contribution in [0.3, 0.4) is 0 Å². The number of ether oxygens (including phenoxy) is 1. The Morgan fingerprint density at radius 1 is 1.03 bits per heavy atom. The van der Waals surface area contributed by atoms with Crippen LogP contribution in [0.15, 0.2) is 42.5 Å². The van der Waals surface area contributed by atoms with Gasteiger partial charge in [-0.15, -0.1) is 0 Å². The molecule has 0 aliphatic rings. The van der Waals surface area contributed by atoms with E-state index in [1.807, 2.05) is 34.6 Å². The van der Waals surface area contributed by atoms with Crippen LogP contribution in [-0.4, -0.2) is 56.1 Å². The number of rotatable bonds is 13. The molecule has 0 saturated carbocycles. The number of hydrogen-bond donors (Lipinski definition) is 1. The van der Waals surface area contributed by atoms with Crippen LogP contribution in [0, 0.1) is 0 Å². The predicted molar refractivity (Wildman–Crippen MR) is 158 cm³/mol. The molecule has 1 unspecified atom stereocenters. The number of hydrogen-bond acceptors (Lipinski definition) is 5. The Bertz CT molecular complexity index is 1230. The highest BCUT2D eigenvalue weighted by Gasteiger charge is 2.31. The van der Waals surface area contributed by atoms with Gasteiger partial charge in [-0.2, -0.15) is 0 Å². The second-order valence-corrected chi connectivity index (χ2v) is 12.9. The third-order valence-electron chi connectivity index (χ3n) is 5.86. The number of carbonyl (C=O) groups is 2. The van der Waals surface area contributed by atoms with Gasteiger partial charge in [0, 0.05) is 40.7 Å². The lowest BCUT2D eigenvalue weighted by atomic mass is 10.0. The van der Waals surface area contributed by atoms with Crippen LogP contribution >= 0.6 is 23.2 Å². The molecule has 0 saturated heterocycles. The van der Waals surface area contributed by atoms with E-state index in [0.717, 1.165) is 6.26 Å². The number of halogens is 2. The van der Waals surface area contributed by atoms with E-state index in [2.05, 4.69) is 5.32 Å². The Morgan fingerprint density at radius 3 is 2.18 bits per heavy atom. The van der Waals surface area contributed by atoms with Crippen molar-refractivity contribution in [3.63, 3.8) is 0 Å². The standard InChI is InChI=1S/C28H39Cl2N3O5S/c1-7-23(27(35)31-28(3,4)5)32(19-20-21(29)13-11-14-22(20)30)26(34)17-12-18-33(39(6,36)37)24-15-9-10-16-25(24)38-8-2/h9-11,13-16,23H,7-8,12,17-19H2,1-6H3,(H,31,35). The van der Waals surface area contributed by atoms with Gasteiger partial charge in [0.05, 0.1) is 18.6 Å². The summed E-state index contributed by atoms with van der Waals surface area (Å²) >= 11 is 12.8. The SMILES string of the molecule is CCOc1ccccc1N(CCCC(=O)N(Cc1c(Cl)cccc1Cl)C(CC)C(=O)NC(C)(C)C)S(C)(=O)=O. The summed E-state index contributed by atoms with van der Waals surface area (Å²) in [5, 5.41) is 3.74. The third kappa shape index (κ3) is 9.58. The third-order valence-corrected chi connectivity index (χ3v) is 7.75. The van der Waals surface area contributed by atoms with Gasteiger partial charge in [-0.25, -0.2) is 8.42 Å². The number of anilines is 1. The zero-order chi connectivity index (χ0) is 29.4. The van der Waals surface area contributed by atoms with E-state index in [0.29, 0.717) is 40.1 Å². The van der Waals surface area contributed by atoms with Crippen LogP contribution in [0.2, 0.25) is 10.0 Å². The average Bonchev–Trinajstić information content (AvgIpc) is 2.82. The van der Waals surface area contributed by atoms with E-state index in [-0.39, 0.29) is 37.7 Å². The van der Waals surface area contributed by atoms with Crippen LogP contribution in [0.4, 0.5) is 5.69 Å². The number of nitrogens with zero attached hydrogens (tertiary/aromatic N) is 2. The molecule has 0 spiro atoms. The van der Waals surface area contributed by atoms with Crippen molar-refractivity contribution < 1.29 is 22.7 Å². The molecule has 0 aromatic heterocycles. The molecule has 8 nitrogen and oxygen atoms in total. The van der Waals surface area contributed by atoms with Gasteiger partial charge in [0.1, 0.15) is 11.8 Å². The summed E-state index contributed by atoms with van der Waals surface area (Å²) in [5.41, 5.74) is 0.454. The van der Waals surface area contributed by atoms with E-state index >= 15 is 0 Å². The largest absolute Gasteiger partial charge is 0.492 e. The summed E-state index contributed by atoms with van der Waals surface area (Å²) in [5.74, 6) is -0.157. The van der Waals surface area contributed by atoms with Gasteiger partial charge in [0.25, 0.3) is 0 Å². The van der Waals surface area contributed by atoms with E-state index in [1.165, 1.54) is 9.21 Å². The van der Waals surface area contributed by atoms with E-state index in [9.17, 15) is 18.0 Å². The monoisotopic (exact) mass is 599 g/mol. The average molecular weight is 601 g/mol. The van der Waals surface area contributed by atoms with Crippen LogP contribution in [-0.2, 0) is 26.2 Å². The predicted octanol–water partition coefficient (Wildman–Crippen LogP) is 5.66. The number of para-hydroxylation sites is 2. The molecule has 2 rings (SSSR count). The first-order valence-corrected chi connectivity index (χ1v) is 15.5. The van der Waals surface area contributed by atoms with Gasteiger partial charge < -0.3 is 15.0 Å². The summed E-state index contributed by atoms with van der Waals surface area (Å²) in [6, 6.07) is 11.2. The van der Waals surface area contributed by atoms with Crippen molar-refractivity contribution in [1.29, 1.82) is 0 Å². The minimum atomic E-state index is -3.66. The summed E-state index contributed by atoms with van der Waals surface area (Å²) in [7, 11) is -3.66. The summed E-state index contributed by atoms with van der Waals surface area (Å²) in [6.45, 7) is 9.73. The maximum atomic E-state index is 13.6. The Labute approximate surface area is 242 Å². The van der Waals surface area contributed by atoms with Crippen molar-refractivity contribution in [2.24, 2.45) is 0 Å². The van der Waals surface area contributed by atoms with Crippen LogP contribution in [0.25, 0.3) is 0 Å². The zero-order valence-corrected chi connectivity index (χ0v) is 25.8. The summed E-state index contributed by atoms with van der Waals surface area (Å²) in [4.78, 5) is 28.3. The number of amides is 2. The van der Waals surface area contributed by atoms with Crippen LogP contribution < -0.4 is 14.4 Å². The molecule has 0 fully saturated rings. The fraction of sp³-hybridized carbons (Fsp3) is 0.500. The van der Waals surface area contributed by atoms with E-state index < -0.39 is 21.6 Å². The molecule has 11 heteroatoms. The number of nitrogens with one attached hydrogen (secondary N) is 1. The molecule has 216 valence electrons. The van der Waals surface area contributed by atoms with Crippen molar-refractivity contribution in [2.75, 3.05) is 23.7 Å². The normalized spacial score (nSPS) is 12.5. The van der Waals surface area contributed by atoms with Gasteiger partial charge in [0.15, 0.2) is 0 Å². The van der Waals surface area contributed by atoms with Crippen molar-refractivity contribution in [3.8, 4) is 5.75 Å². The van der Waals surface area contributed by atoms with E-state index in [1.54, 1.807) is 42.5 Å². The molecule has 1 N–H and O–H groups in total. The Kier molecular flexibility index (Phi) is 11.9. The molecule has 0 aliphatic carbocycles. The first-order valence-electron chi connectivity index (χ1n) is 12.9. The van der Waals surface area contributed by atoms with Gasteiger partial charge in [0.2, 0.25) is 21.8 Å². The Balaban J connectivity index is 2.33. The number of sulfonamides is 1. The van der Waals surface area contributed by atoms with Crippen molar-refractivity contribution in [1.82, 2.24) is 10.2 Å². The topological polar surface area (TPSA) is 96.0 Å². The quantitative estimate of drug-likeness (QED) is 0.320. The fourth-order valence-corrected chi connectivity index (χ4v) is 5.64. The molecule has 1 atom stereocenters. The van der Waals surface area contributed by atoms with Crippen molar-refractivity contribution in [2.45, 2.75) is 72.0 Å². The second-order valence-electron chi connectivity index (χ2n) is 10.2.